The van der Waals surface area contributed by atoms with Crippen molar-refractivity contribution >= 4 is 17.6 Å². The molecular formula is C24H25N5O4. The number of likely N-dealkylation sites (tertiary alicyclic amines) is 1. The number of aromatic nitrogens is 2. The van der Waals surface area contributed by atoms with Gasteiger partial charge in [-0.05, 0) is 61.0 Å². The van der Waals surface area contributed by atoms with Crippen molar-refractivity contribution in [2.45, 2.75) is 12.5 Å². The molecule has 33 heavy (non-hydrogen) atoms. The van der Waals surface area contributed by atoms with Gasteiger partial charge in [0.15, 0.2) is 0 Å². The summed E-state index contributed by atoms with van der Waals surface area (Å²) >= 11 is 0. The summed E-state index contributed by atoms with van der Waals surface area (Å²) in [5.41, 5.74) is 13.1. The summed E-state index contributed by atoms with van der Waals surface area (Å²) in [6.45, 7) is 4.52. The molecule has 4 N–H and O–H groups in total. The lowest BCUT2D eigenvalue weighted by atomic mass is 10.1. The maximum Gasteiger partial charge on any atom is 0.254 e. The number of nitrogen functional groups attached to an aromatic ring is 1. The van der Waals surface area contributed by atoms with Crippen molar-refractivity contribution in [1.82, 2.24) is 14.7 Å². The summed E-state index contributed by atoms with van der Waals surface area (Å²) in [7, 11) is 1.60. The van der Waals surface area contributed by atoms with Gasteiger partial charge in [0.1, 0.15) is 34.3 Å². The fourth-order valence-electron chi connectivity index (χ4n) is 3.90. The van der Waals surface area contributed by atoms with Crippen molar-refractivity contribution in [3.8, 4) is 28.5 Å². The largest absolute Gasteiger partial charge is 0.497 e. The highest BCUT2D eigenvalue weighted by atomic mass is 16.5. The van der Waals surface area contributed by atoms with Gasteiger partial charge >= 0.3 is 0 Å². The molecule has 2 amide bonds. The maximum absolute atomic E-state index is 12.2. The van der Waals surface area contributed by atoms with Crippen LogP contribution in [-0.2, 0) is 4.79 Å². The molecule has 1 aromatic heterocycles. The summed E-state index contributed by atoms with van der Waals surface area (Å²) in [5.74, 6) is 1.40. The third-order valence-corrected chi connectivity index (χ3v) is 5.61. The van der Waals surface area contributed by atoms with E-state index in [0.717, 1.165) is 5.75 Å². The molecule has 0 unspecified atom stereocenters. The molecule has 2 heterocycles. The Morgan fingerprint density at radius 2 is 1.70 bits per heavy atom. The summed E-state index contributed by atoms with van der Waals surface area (Å²) in [4.78, 5) is 25.8. The average molecular weight is 447 g/mol. The first-order chi connectivity index (χ1) is 15.9. The molecule has 4 rings (SSSR count). The quantitative estimate of drug-likeness (QED) is 0.536. The zero-order chi connectivity index (χ0) is 23.5. The van der Waals surface area contributed by atoms with Gasteiger partial charge in [-0.3, -0.25) is 9.59 Å². The molecule has 170 valence electrons. The van der Waals surface area contributed by atoms with Gasteiger partial charge in [-0.1, -0.05) is 6.58 Å². The minimum absolute atomic E-state index is 0.147. The molecular weight excluding hydrogens is 422 g/mol. The van der Waals surface area contributed by atoms with Crippen LogP contribution in [0.25, 0.3) is 11.3 Å². The van der Waals surface area contributed by atoms with E-state index in [-0.39, 0.29) is 23.3 Å². The molecule has 1 atom stereocenters. The second-order valence-electron chi connectivity index (χ2n) is 7.65. The average Bonchev–Trinajstić information content (AvgIpc) is 3.44. The second kappa shape index (κ2) is 9.07. The number of benzene rings is 2. The Morgan fingerprint density at radius 3 is 2.27 bits per heavy atom. The highest BCUT2D eigenvalue weighted by Crippen LogP contribution is 2.33. The molecule has 9 heteroatoms. The number of hydrogen-bond donors (Lipinski definition) is 2. The van der Waals surface area contributed by atoms with E-state index in [1.54, 1.807) is 41.0 Å². The van der Waals surface area contributed by atoms with E-state index in [2.05, 4.69) is 11.7 Å². The third-order valence-electron chi connectivity index (χ3n) is 5.61. The van der Waals surface area contributed by atoms with E-state index in [9.17, 15) is 9.59 Å². The monoisotopic (exact) mass is 447 g/mol. The Morgan fingerprint density at radius 1 is 1.09 bits per heavy atom. The van der Waals surface area contributed by atoms with E-state index in [0.29, 0.717) is 42.3 Å². The van der Waals surface area contributed by atoms with Crippen molar-refractivity contribution in [2.75, 3.05) is 25.9 Å². The van der Waals surface area contributed by atoms with Crippen LogP contribution in [0, 0.1) is 0 Å². The first-order valence-electron chi connectivity index (χ1n) is 10.4. The Kier molecular flexibility index (Phi) is 6.03. The first-order valence-corrected chi connectivity index (χ1v) is 10.4. The van der Waals surface area contributed by atoms with Crippen molar-refractivity contribution in [3.63, 3.8) is 0 Å². The van der Waals surface area contributed by atoms with Crippen molar-refractivity contribution in [2.24, 2.45) is 5.73 Å². The van der Waals surface area contributed by atoms with Gasteiger partial charge in [-0.15, -0.1) is 0 Å². The van der Waals surface area contributed by atoms with E-state index in [4.69, 9.17) is 20.9 Å². The summed E-state index contributed by atoms with van der Waals surface area (Å²) < 4.78 is 12.6. The molecule has 2 aromatic carbocycles. The van der Waals surface area contributed by atoms with Gasteiger partial charge in [0.2, 0.25) is 5.91 Å². The van der Waals surface area contributed by atoms with Crippen molar-refractivity contribution in [1.29, 1.82) is 0 Å². The number of nitrogens with two attached hydrogens (primary N) is 2. The van der Waals surface area contributed by atoms with Gasteiger partial charge in [0.25, 0.3) is 5.91 Å². The molecule has 1 fully saturated rings. The number of anilines is 1. The summed E-state index contributed by atoms with van der Waals surface area (Å²) in [6, 6.07) is 14.2. The molecule has 0 bridgehead atoms. The topological polar surface area (TPSA) is 126 Å². The molecule has 0 spiro atoms. The van der Waals surface area contributed by atoms with Gasteiger partial charge in [-0.2, -0.15) is 5.10 Å². The second-order valence-corrected chi connectivity index (χ2v) is 7.65. The highest BCUT2D eigenvalue weighted by Gasteiger charge is 2.31. The molecule has 3 aromatic rings. The smallest absolute Gasteiger partial charge is 0.254 e. The number of primary amides is 1. The van der Waals surface area contributed by atoms with Crippen LogP contribution in [0.1, 0.15) is 22.8 Å². The fourth-order valence-corrected chi connectivity index (χ4v) is 3.90. The Bertz CT molecular complexity index is 1180. The third kappa shape index (κ3) is 4.38. The van der Waals surface area contributed by atoms with Crippen LogP contribution >= 0.6 is 0 Å². The van der Waals surface area contributed by atoms with Crippen LogP contribution in [0.3, 0.4) is 0 Å². The van der Waals surface area contributed by atoms with Crippen LogP contribution in [-0.4, -0.2) is 46.7 Å². The summed E-state index contributed by atoms with van der Waals surface area (Å²) in [5, 5.41) is 4.61. The number of methoxy groups -OCH3 is 1. The minimum atomic E-state index is -0.663. The number of carbonyl (C=O) groups excluding carboxylic acids is 2. The predicted molar refractivity (Wildman–Crippen MR) is 124 cm³/mol. The minimum Gasteiger partial charge on any atom is -0.497 e. The zero-order valence-corrected chi connectivity index (χ0v) is 18.2. The number of hydrogen-bond acceptors (Lipinski definition) is 6. The van der Waals surface area contributed by atoms with Gasteiger partial charge < -0.3 is 25.8 Å². The number of rotatable bonds is 7. The van der Waals surface area contributed by atoms with Crippen LogP contribution in [0.2, 0.25) is 0 Å². The molecule has 1 saturated heterocycles. The Balaban J connectivity index is 1.59. The lowest BCUT2D eigenvalue weighted by molar-refractivity contribution is -0.125. The number of nitrogens with zero attached hydrogens (tertiary/aromatic N) is 3. The number of carbonyl (C=O) groups is 2. The van der Waals surface area contributed by atoms with Crippen molar-refractivity contribution < 1.29 is 19.1 Å². The van der Waals surface area contributed by atoms with Gasteiger partial charge in [-0.25, -0.2) is 4.68 Å². The maximum atomic E-state index is 12.2. The molecule has 0 radical (unpaired) electrons. The van der Waals surface area contributed by atoms with Crippen LogP contribution in [0.5, 0.6) is 17.2 Å². The van der Waals surface area contributed by atoms with Gasteiger partial charge in [0.05, 0.1) is 13.2 Å². The normalized spacial score (nSPS) is 15.3. The SMILES string of the molecule is C=CC(=O)N1CC[C@@H](n2nc(-c3ccc(Oc4ccc(OC)cc4)cc3)c(C(N)=O)c2N)C1. The lowest BCUT2D eigenvalue weighted by Gasteiger charge is -2.15. The lowest BCUT2D eigenvalue weighted by Crippen LogP contribution is -2.27. The highest BCUT2D eigenvalue weighted by molar-refractivity contribution is 6.03. The number of ether oxygens (including phenoxy) is 2. The number of amides is 2. The van der Waals surface area contributed by atoms with E-state index >= 15 is 0 Å². The molecule has 0 saturated carbocycles. The molecule has 0 aliphatic carbocycles. The Labute approximate surface area is 191 Å². The van der Waals surface area contributed by atoms with Crippen LogP contribution < -0.4 is 20.9 Å². The summed E-state index contributed by atoms with van der Waals surface area (Å²) in [6.07, 6.45) is 1.95. The zero-order valence-electron chi connectivity index (χ0n) is 18.2. The van der Waals surface area contributed by atoms with E-state index in [1.807, 2.05) is 24.3 Å². The molecule has 1 aliphatic rings. The van der Waals surface area contributed by atoms with Crippen molar-refractivity contribution in [3.05, 3.63) is 66.7 Å². The predicted octanol–water partition coefficient (Wildman–Crippen LogP) is 2.99. The first kappa shape index (κ1) is 21.9. The molecule has 1 aliphatic heterocycles. The standard InChI is InChI=1S/C24H25N5O4/c1-3-20(30)28-13-12-16(14-28)29-23(25)21(24(26)31)22(27-29)15-4-6-18(7-5-15)33-19-10-8-17(32-2)9-11-19/h3-11,16H,1,12-14,25H2,2H3,(H2,26,31)/t16-/m1/s1. The van der Waals surface area contributed by atoms with Crippen LogP contribution in [0.15, 0.2) is 61.2 Å². The van der Waals surface area contributed by atoms with Crippen LogP contribution in [0.4, 0.5) is 5.82 Å². The molecule has 9 nitrogen and oxygen atoms in total. The van der Waals surface area contributed by atoms with E-state index in [1.165, 1.54) is 6.08 Å². The fraction of sp³-hybridized carbons (Fsp3) is 0.208. The van der Waals surface area contributed by atoms with Gasteiger partial charge in [0, 0.05) is 18.7 Å². The van der Waals surface area contributed by atoms with E-state index < -0.39 is 5.91 Å². The Hall–Kier alpha value is -4.27.